The lowest BCUT2D eigenvalue weighted by Gasteiger charge is -2.36. The van der Waals surface area contributed by atoms with Crippen molar-refractivity contribution in [2.45, 2.75) is 12.8 Å². The van der Waals surface area contributed by atoms with E-state index in [0.717, 1.165) is 44.2 Å². The van der Waals surface area contributed by atoms with Crippen molar-refractivity contribution in [1.82, 2.24) is 10.2 Å². The van der Waals surface area contributed by atoms with E-state index < -0.39 is 0 Å². The maximum Gasteiger partial charge on any atom is 0.220 e. The maximum absolute atomic E-state index is 13.0. The minimum Gasteiger partial charge on any atom is -0.494 e. The Morgan fingerprint density at radius 1 is 1.00 bits per heavy atom. The zero-order valence-corrected chi connectivity index (χ0v) is 16.1. The fourth-order valence-corrected chi connectivity index (χ4v) is 3.26. The number of carbonyl (C=O) groups excluding carboxylic acids is 1. The number of anilines is 1. The van der Waals surface area contributed by atoms with Crippen LogP contribution in [0.2, 0.25) is 0 Å². The molecule has 2 aromatic carbocycles. The summed E-state index contributed by atoms with van der Waals surface area (Å²) in [5.41, 5.74) is 1.06. The first-order chi connectivity index (χ1) is 13.7. The zero-order valence-electron chi connectivity index (χ0n) is 16.1. The normalized spacial score (nSPS) is 14.7. The molecule has 1 amide bonds. The second-order valence-electron chi connectivity index (χ2n) is 6.92. The van der Waals surface area contributed by atoms with Crippen LogP contribution in [0.5, 0.6) is 5.75 Å². The van der Waals surface area contributed by atoms with E-state index in [1.165, 1.54) is 12.1 Å². The molecule has 1 fully saturated rings. The molecule has 1 aliphatic rings. The monoisotopic (exact) mass is 385 g/mol. The fraction of sp³-hybridized carbons (Fsp3) is 0.409. The van der Waals surface area contributed by atoms with E-state index in [2.05, 4.69) is 15.1 Å². The smallest absolute Gasteiger partial charge is 0.220 e. The Morgan fingerprint density at radius 2 is 1.71 bits per heavy atom. The van der Waals surface area contributed by atoms with Crippen molar-refractivity contribution in [3.8, 4) is 5.75 Å². The highest BCUT2D eigenvalue weighted by molar-refractivity contribution is 5.75. The molecule has 1 aliphatic heterocycles. The van der Waals surface area contributed by atoms with Crippen molar-refractivity contribution in [1.29, 1.82) is 0 Å². The predicted octanol–water partition coefficient (Wildman–Crippen LogP) is 2.92. The number of halogens is 1. The van der Waals surface area contributed by atoms with Crippen LogP contribution in [0.1, 0.15) is 12.8 Å². The van der Waals surface area contributed by atoms with Crippen LogP contribution in [0.4, 0.5) is 10.1 Å². The third-order valence-electron chi connectivity index (χ3n) is 4.87. The number of ether oxygens (including phenoxy) is 1. The molecule has 0 aromatic heterocycles. The summed E-state index contributed by atoms with van der Waals surface area (Å²) in [5, 5.41) is 2.99. The molecule has 0 spiro atoms. The van der Waals surface area contributed by atoms with E-state index in [4.69, 9.17) is 4.74 Å². The molecule has 0 bridgehead atoms. The van der Waals surface area contributed by atoms with Crippen molar-refractivity contribution in [3.05, 3.63) is 60.4 Å². The maximum atomic E-state index is 13.0. The molecule has 1 N–H and O–H groups in total. The van der Waals surface area contributed by atoms with Gasteiger partial charge in [-0.05, 0) is 42.8 Å². The van der Waals surface area contributed by atoms with Gasteiger partial charge in [-0.25, -0.2) is 4.39 Å². The number of carbonyl (C=O) groups is 1. The molecule has 1 heterocycles. The number of rotatable bonds is 9. The number of nitrogens with one attached hydrogen (secondary N) is 1. The first-order valence-corrected chi connectivity index (χ1v) is 9.88. The van der Waals surface area contributed by atoms with Gasteiger partial charge in [0.25, 0.3) is 0 Å². The molecule has 2 aromatic rings. The van der Waals surface area contributed by atoms with E-state index in [-0.39, 0.29) is 11.7 Å². The van der Waals surface area contributed by atoms with Gasteiger partial charge in [0.15, 0.2) is 0 Å². The number of piperazine rings is 1. The molecular formula is C22H28FN3O2. The van der Waals surface area contributed by atoms with Crippen molar-refractivity contribution < 1.29 is 13.9 Å². The molecule has 150 valence electrons. The van der Waals surface area contributed by atoms with Gasteiger partial charge in [0.05, 0.1) is 6.61 Å². The first kappa shape index (κ1) is 20.1. The number of hydrogen-bond acceptors (Lipinski definition) is 4. The van der Waals surface area contributed by atoms with Crippen LogP contribution >= 0.6 is 0 Å². The van der Waals surface area contributed by atoms with Crippen LogP contribution in [0.3, 0.4) is 0 Å². The molecule has 1 saturated heterocycles. The fourth-order valence-electron chi connectivity index (χ4n) is 3.26. The molecule has 0 unspecified atom stereocenters. The number of para-hydroxylation sites is 1. The Bertz CT molecular complexity index is 716. The van der Waals surface area contributed by atoms with Gasteiger partial charge in [0, 0.05) is 51.4 Å². The summed E-state index contributed by atoms with van der Waals surface area (Å²) in [4.78, 5) is 16.5. The number of benzene rings is 2. The van der Waals surface area contributed by atoms with Crippen LogP contribution < -0.4 is 15.0 Å². The van der Waals surface area contributed by atoms with Gasteiger partial charge in [0.1, 0.15) is 11.6 Å². The van der Waals surface area contributed by atoms with E-state index in [0.29, 0.717) is 26.0 Å². The lowest BCUT2D eigenvalue weighted by Crippen LogP contribution is -2.48. The lowest BCUT2D eigenvalue weighted by atomic mass is 10.2. The van der Waals surface area contributed by atoms with Gasteiger partial charge in [0.2, 0.25) is 5.91 Å². The Kier molecular flexibility index (Phi) is 7.67. The average Bonchev–Trinajstić information content (AvgIpc) is 2.73. The largest absolute Gasteiger partial charge is 0.494 e. The van der Waals surface area contributed by atoms with Crippen molar-refractivity contribution in [2.24, 2.45) is 0 Å². The quantitative estimate of drug-likeness (QED) is 0.674. The second-order valence-corrected chi connectivity index (χ2v) is 6.92. The molecule has 0 radical (unpaired) electrons. The number of nitrogens with zero attached hydrogens (tertiary/aromatic N) is 2. The standard InChI is InChI=1S/C22H28FN3O2/c23-19-8-10-20(11-9-19)26-16-14-25(15-17-26)13-12-24-22(27)7-4-18-28-21-5-2-1-3-6-21/h1-3,5-6,8-11H,4,7,12-18H2,(H,24,27). The van der Waals surface area contributed by atoms with E-state index in [1.54, 1.807) is 0 Å². The van der Waals surface area contributed by atoms with Crippen LogP contribution in [-0.4, -0.2) is 56.7 Å². The van der Waals surface area contributed by atoms with Crippen LogP contribution in [0.25, 0.3) is 0 Å². The summed E-state index contributed by atoms with van der Waals surface area (Å²) in [7, 11) is 0. The topological polar surface area (TPSA) is 44.8 Å². The Balaban J connectivity index is 1.24. The molecule has 3 rings (SSSR count). The van der Waals surface area contributed by atoms with Crippen LogP contribution in [0.15, 0.2) is 54.6 Å². The van der Waals surface area contributed by atoms with Crippen molar-refractivity contribution in [3.63, 3.8) is 0 Å². The van der Waals surface area contributed by atoms with Gasteiger partial charge in [-0.3, -0.25) is 9.69 Å². The highest BCUT2D eigenvalue weighted by atomic mass is 19.1. The SMILES string of the molecule is O=C(CCCOc1ccccc1)NCCN1CCN(c2ccc(F)cc2)CC1. The molecular weight excluding hydrogens is 357 g/mol. The zero-order chi connectivity index (χ0) is 19.6. The minimum absolute atomic E-state index is 0.0709. The van der Waals surface area contributed by atoms with Crippen molar-refractivity contribution >= 4 is 11.6 Å². The van der Waals surface area contributed by atoms with Crippen molar-refractivity contribution in [2.75, 3.05) is 50.8 Å². The lowest BCUT2D eigenvalue weighted by molar-refractivity contribution is -0.121. The summed E-state index contributed by atoms with van der Waals surface area (Å²) in [6, 6.07) is 16.3. The molecule has 5 nitrogen and oxygen atoms in total. The number of amides is 1. The third kappa shape index (κ3) is 6.53. The van der Waals surface area contributed by atoms with Gasteiger partial charge >= 0.3 is 0 Å². The Morgan fingerprint density at radius 3 is 2.43 bits per heavy atom. The Hall–Kier alpha value is -2.60. The van der Waals surface area contributed by atoms with Crippen LogP contribution in [0, 0.1) is 5.82 Å². The van der Waals surface area contributed by atoms with E-state index >= 15 is 0 Å². The minimum atomic E-state index is -0.204. The third-order valence-corrected chi connectivity index (χ3v) is 4.87. The van der Waals surface area contributed by atoms with Gasteiger partial charge in [-0.1, -0.05) is 18.2 Å². The predicted molar refractivity (Wildman–Crippen MR) is 109 cm³/mol. The summed E-state index contributed by atoms with van der Waals surface area (Å²) >= 11 is 0. The van der Waals surface area contributed by atoms with Crippen LogP contribution in [-0.2, 0) is 4.79 Å². The Labute approximate surface area is 166 Å². The second kappa shape index (κ2) is 10.7. The summed E-state index contributed by atoms with van der Waals surface area (Å²) in [6.45, 7) is 5.77. The van der Waals surface area contributed by atoms with E-state index in [1.807, 2.05) is 42.5 Å². The summed E-state index contributed by atoms with van der Waals surface area (Å²) in [6.07, 6.45) is 1.18. The molecule has 6 heteroatoms. The highest BCUT2D eigenvalue weighted by Crippen LogP contribution is 2.16. The average molecular weight is 385 g/mol. The number of hydrogen-bond donors (Lipinski definition) is 1. The summed E-state index contributed by atoms with van der Waals surface area (Å²) < 4.78 is 18.6. The first-order valence-electron chi connectivity index (χ1n) is 9.88. The molecule has 0 aliphatic carbocycles. The highest BCUT2D eigenvalue weighted by Gasteiger charge is 2.17. The van der Waals surface area contributed by atoms with Gasteiger partial charge in [-0.2, -0.15) is 0 Å². The van der Waals surface area contributed by atoms with E-state index in [9.17, 15) is 9.18 Å². The summed E-state index contributed by atoms with van der Waals surface area (Å²) in [5.74, 6) is 0.703. The van der Waals surface area contributed by atoms with Gasteiger partial charge < -0.3 is 15.0 Å². The van der Waals surface area contributed by atoms with Gasteiger partial charge in [-0.15, -0.1) is 0 Å². The molecule has 0 saturated carbocycles. The molecule has 28 heavy (non-hydrogen) atoms. The molecule has 0 atom stereocenters.